The largest absolute Gasteiger partial charge is 0.355 e. The minimum atomic E-state index is -0.310. The van der Waals surface area contributed by atoms with Crippen molar-refractivity contribution in [1.82, 2.24) is 15.5 Å². The van der Waals surface area contributed by atoms with Crippen LogP contribution in [0, 0.1) is 0 Å². The van der Waals surface area contributed by atoms with Gasteiger partial charge in [0.25, 0.3) is 0 Å². The van der Waals surface area contributed by atoms with Crippen molar-refractivity contribution in [2.75, 3.05) is 32.5 Å². The zero-order valence-corrected chi connectivity index (χ0v) is 13.1. The van der Waals surface area contributed by atoms with Gasteiger partial charge in [0.2, 0.25) is 5.91 Å². The molecule has 1 unspecified atom stereocenters. The maximum absolute atomic E-state index is 12.0. The molecule has 6 nitrogen and oxygen atoms in total. The van der Waals surface area contributed by atoms with Gasteiger partial charge in [0.05, 0.1) is 0 Å². The number of nitrogens with zero attached hydrogens (tertiary/aromatic N) is 1. The Morgan fingerprint density at radius 2 is 2.05 bits per heavy atom. The molecule has 1 aromatic rings. The van der Waals surface area contributed by atoms with E-state index in [1.54, 1.807) is 7.05 Å². The molecule has 116 valence electrons. The zero-order valence-electron chi connectivity index (χ0n) is 13.1. The number of amides is 3. The van der Waals surface area contributed by atoms with Crippen LogP contribution in [-0.2, 0) is 4.79 Å². The van der Waals surface area contributed by atoms with Crippen molar-refractivity contribution in [3.05, 3.63) is 29.8 Å². The Kier molecular flexibility index (Phi) is 6.68. The van der Waals surface area contributed by atoms with Crippen LogP contribution >= 0.6 is 0 Å². The van der Waals surface area contributed by atoms with Crippen LogP contribution in [0.1, 0.15) is 25.5 Å². The molecule has 0 aromatic heterocycles. The van der Waals surface area contributed by atoms with Gasteiger partial charge in [-0.15, -0.1) is 0 Å². The van der Waals surface area contributed by atoms with E-state index in [1.807, 2.05) is 45.2 Å². The number of carbonyl (C=O) groups excluding carboxylic acids is 2. The Morgan fingerprint density at radius 1 is 1.33 bits per heavy atom. The Balaban J connectivity index is 2.64. The predicted molar refractivity (Wildman–Crippen MR) is 84.2 cm³/mol. The number of hydrogen-bond donors (Lipinski definition) is 3. The van der Waals surface area contributed by atoms with E-state index in [0.29, 0.717) is 12.2 Å². The summed E-state index contributed by atoms with van der Waals surface area (Å²) in [4.78, 5) is 24.8. The molecule has 0 spiro atoms. The fraction of sp³-hybridized carbons (Fsp3) is 0.467. The van der Waals surface area contributed by atoms with E-state index in [4.69, 9.17) is 0 Å². The van der Waals surface area contributed by atoms with Crippen LogP contribution in [-0.4, -0.2) is 44.0 Å². The fourth-order valence-electron chi connectivity index (χ4n) is 1.81. The first kappa shape index (κ1) is 17.0. The van der Waals surface area contributed by atoms with Crippen LogP contribution in [0.25, 0.3) is 0 Å². The lowest BCUT2D eigenvalue weighted by Crippen LogP contribution is -2.40. The molecule has 1 aromatic carbocycles. The second-order valence-corrected chi connectivity index (χ2v) is 4.88. The molecule has 0 bridgehead atoms. The molecule has 1 atom stereocenters. The van der Waals surface area contributed by atoms with Crippen LogP contribution < -0.4 is 16.0 Å². The number of anilines is 1. The second-order valence-electron chi connectivity index (χ2n) is 4.88. The van der Waals surface area contributed by atoms with Gasteiger partial charge in [-0.1, -0.05) is 12.1 Å². The average Bonchev–Trinajstić information content (AvgIpc) is 2.46. The zero-order chi connectivity index (χ0) is 15.8. The van der Waals surface area contributed by atoms with E-state index >= 15 is 0 Å². The summed E-state index contributed by atoms with van der Waals surface area (Å²) in [5.74, 6) is -0.173. The second kappa shape index (κ2) is 8.26. The third-order valence-corrected chi connectivity index (χ3v) is 3.17. The highest BCUT2D eigenvalue weighted by molar-refractivity contribution is 5.92. The van der Waals surface area contributed by atoms with Gasteiger partial charge >= 0.3 is 6.03 Å². The van der Waals surface area contributed by atoms with Gasteiger partial charge in [-0.05, 0) is 38.6 Å². The molecular weight excluding hydrogens is 268 g/mol. The fourth-order valence-corrected chi connectivity index (χ4v) is 1.81. The van der Waals surface area contributed by atoms with E-state index in [-0.39, 0.29) is 24.5 Å². The van der Waals surface area contributed by atoms with Gasteiger partial charge in [-0.25, -0.2) is 4.79 Å². The summed E-state index contributed by atoms with van der Waals surface area (Å²) < 4.78 is 0. The van der Waals surface area contributed by atoms with Gasteiger partial charge in [-0.3, -0.25) is 4.79 Å². The van der Waals surface area contributed by atoms with Crippen LogP contribution in [0.5, 0.6) is 0 Å². The van der Waals surface area contributed by atoms with Crippen molar-refractivity contribution in [2.24, 2.45) is 0 Å². The van der Waals surface area contributed by atoms with Gasteiger partial charge in [-0.2, -0.15) is 0 Å². The van der Waals surface area contributed by atoms with Crippen LogP contribution in [0.2, 0.25) is 0 Å². The first-order valence-electron chi connectivity index (χ1n) is 7.04. The lowest BCUT2D eigenvalue weighted by atomic mass is 10.1. The molecule has 0 fully saturated rings. The monoisotopic (exact) mass is 292 g/mol. The standard InChI is InChI=1S/C15H24N4O2/c1-5-17-14(20)10-19(4)15(21)18-13-8-6-7-12(9-13)11(2)16-3/h6-9,11,16H,5,10H2,1-4H3,(H,17,20)(H,18,21). The van der Waals surface area contributed by atoms with Crippen molar-refractivity contribution < 1.29 is 9.59 Å². The number of carbonyl (C=O) groups is 2. The Bertz CT molecular complexity index is 490. The number of rotatable bonds is 6. The quantitative estimate of drug-likeness (QED) is 0.745. The minimum absolute atomic E-state index is 0.0340. The summed E-state index contributed by atoms with van der Waals surface area (Å²) in [6.45, 7) is 4.47. The van der Waals surface area contributed by atoms with Crippen molar-refractivity contribution >= 4 is 17.6 Å². The summed E-state index contributed by atoms with van der Waals surface area (Å²) in [6, 6.07) is 7.52. The Labute approximate surface area is 125 Å². The van der Waals surface area contributed by atoms with Gasteiger partial charge < -0.3 is 20.9 Å². The molecule has 0 aliphatic heterocycles. The summed E-state index contributed by atoms with van der Waals surface area (Å²) in [6.07, 6.45) is 0. The molecule has 6 heteroatoms. The summed E-state index contributed by atoms with van der Waals surface area (Å²) >= 11 is 0. The summed E-state index contributed by atoms with van der Waals surface area (Å²) in [7, 11) is 3.47. The molecule has 21 heavy (non-hydrogen) atoms. The molecule has 3 amide bonds. The highest BCUT2D eigenvalue weighted by Crippen LogP contribution is 2.17. The third-order valence-electron chi connectivity index (χ3n) is 3.17. The summed E-state index contributed by atoms with van der Waals surface area (Å²) in [5.41, 5.74) is 1.80. The molecule has 0 heterocycles. The number of nitrogens with one attached hydrogen (secondary N) is 3. The third kappa shape index (κ3) is 5.43. The van der Waals surface area contributed by atoms with Crippen LogP contribution in [0.3, 0.4) is 0 Å². The number of likely N-dealkylation sites (N-methyl/N-ethyl adjacent to an activating group) is 2. The SMILES string of the molecule is CCNC(=O)CN(C)C(=O)Nc1cccc(C(C)NC)c1. The lowest BCUT2D eigenvalue weighted by Gasteiger charge is -2.18. The molecule has 3 N–H and O–H groups in total. The molecule has 0 saturated heterocycles. The van der Waals surface area contributed by atoms with Crippen LogP contribution in [0.4, 0.5) is 10.5 Å². The Morgan fingerprint density at radius 3 is 2.67 bits per heavy atom. The van der Waals surface area contributed by atoms with Crippen molar-refractivity contribution in [2.45, 2.75) is 19.9 Å². The van der Waals surface area contributed by atoms with Gasteiger partial charge in [0, 0.05) is 25.3 Å². The number of benzene rings is 1. The van der Waals surface area contributed by atoms with E-state index in [9.17, 15) is 9.59 Å². The van der Waals surface area contributed by atoms with Crippen molar-refractivity contribution in [3.63, 3.8) is 0 Å². The van der Waals surface area contributed by atoms with Crippen molar-refractivity contribution in [3.8, 4) is 0 Å². The lowest BCUT2D eigenvalue weighted by molar-refractivity contribution is -0.121. The van der Waals surface area contributed by atoms with Crippen molar-refractivity contribution in [1.29, 1.82) is 0 Å². The Hall–Kier alpha value is -2.08. The minimum Gasteiger partial charge on any atom is -0.355 e. The maximum atomic E-state index is 12.0. The van der Waals surface area contributed by atoms with Crippen LogP contribution in [0.15, 0.2) is 24.3 Å². The van der Waals surface area contributed by atoms with E-state index < -0.39 is 0 Å². The van der Waals surface area contributed by atoms with Gasteiger partial charge in [0.15, 0.2) is 0 Å². The smallest absolute Gasteiger partial charge is 0.322 e. The van der Waals surface area contributed by atoms with E-state index in [1.165, 1.54) is 4.90 Å². The predicted octanol–water partition coefficient (Wildman–Crippen LogP) is 1.57. The molecule has 0 aliphatic rings. The van der Waals surface area contributed by atoms with E-state index in [0.717, 1.165) is 5.56 Å². The molecule has 0 aliphatic carbocycles. The maximum Gasteiger partial charge on any atom is 0.322 e. The normalized spacial score (nSPS) is 11.6. The molecular formula is C15H24N4O2. The van der Waals surface area contributed by atoms with Gasteiger partial charge in [0.1, 0.15) is 6.54 Å². The molecule has 1 rings (SSSR count). The molecule has 0 saturated carbocycles. The summed E-state index contributed by atoms with van der Waals surface area (Å²) in [5, 5.41) is 8.59. The number of hydrogen-bond acceptors (Lipinski definition) is 3. The highest BCUT2D eigenvalue weighted by Gasteiger charge is 2.13. The van der Waals surface area contributed by atoms with E-state index in [2.05, 4.69) is 16.0 Å². The average molecular weight is 292 g/mol. The molecule has 0 radical (unpaired) electrons. The topological polar surface area (TPSA) is 73.5 Å². The first-order valence-corrected chi connectivity index (χ1v) is 7.04. The first-order chi connectivity index (χ1) is 9.97. The highest BCUT2D eigenvalue weighted by atomic mass is 16.2. The number of urea groups is 1.